The zero-order valence-corrected chi connectivity index (χ0v) is 10.7. The monoisotopic (exact) mass is 250 g/mol. The number of hydrogen-bond acceptors (Lipinski definition) is 5. The van der Waals surface area contributed by atoms with E-state index in [0.717, 1.165) is 25.3 Å². The first-order valence-electron chi connectivity index (χ1n) is 6.08. The van der Waals surface area contributed by atoms with Gasteiger partial charge in [0.05, 0.1) is 6.61 Å². The molecule has 2 rings (SSSR count). The Hall–Kier alpha value is -1.69. The van der Waals surface area contributed by atoms with Crippen molar-refractivity contribution in [2.75, 3.05) is 32.1 Å². The molecule has 1 atom stereocenters. The van der Waals surface area contributed by atoms with Crippen molar-refractivity contribution in [1.29, 1.82) is 0 Å². The highest BCUT2D eigenvalue weighted by molar-refractivity contribution is 5.92. The highest BCUT2D eigenvalue weighted by Gasteiger charge is 2.17. The van der Waals surface area contributed by atoms with Crippen molar-refractivity contribution < 1.29 is 9.53 Å². The fourth-order valence-electron chi connectivity index (χ4n) is 1.87. The summed E-state index contributed by atoms with van der Waals surface area (Å²) in [4.78, 5) is 20.2. The first-order chi connectivity index (χ1) is 8.69. The Bertz CT molecular complexity index is 430. The highest BCUT2D eigenvalue weighted by Crippen LogP contribution is 2.11. The van der Waals surface area contributed by atoms with Crippen LogP contribution in [0.25, 0.3) is 0 Å². The van der Waals surface area contributed by atoms with E-state index in [1.54, 1.807) is 13.1 Å². The van der Waals surface area contributed by atoms with E-state index < -0.39 is 0 Å². The molecule has 6 nitrogen and oxygen atoms in total. The van der Waals surface area contributed by atoms with Gasteiger partial charge in [-0.15, -0.1) is 0 Å². The molecule has 1 aliphatic rings. The number of amides is 1. The molecule has 1 saturated heterocycles. The van der Waals surface area contributed by atoms with E-state index in [1.165, 1.54) is 0 Å². The quantitative estimate of drug-likeness (QED) is 0.818. The topological polar surface area (TPSA) is 76.1 Å². The van der Waals surface area contributed by atoms with Crippen molar-refractivity contribution in [2.24, 2.45) is 5.92 Å². The zero-order chi connectivity index (χ0) is 13.0. The summed E-state index contributed by atoms with van der Waals surface area (Å²) in [7, 11) is 1.73. The summed E-state index contributed by atoms with van der Waals surface area (Å²) >= 11 is 0. The molecule has 1 unspecified atom stereocenters. The van der Waals surface area contributed by atoms with Crippen molar-refractivity contribution in [3.63, 3.8) is 0 Å². The van der Waals surface area contributed by atoms with Gasteiger partial charge in [0, 0.05) is 31.8 Å². The number of nitrogens with zero attached hydrogens (tertiary/aromatic N) is 2. The highest BCUT2D eigenvalue weighted by atomic mass is 16.5. The molecule has 98 valence electrons. The minimum absolute atomic E-state index is 0.163. The average molecular weight is 250 g/mol. The molecular formula is C12H18N4O2. The third-order valence-corrected chi connectivity index (χ3v) is 2.89. The second kappa shape index (κ2) is 5.77. The molecule has 1 fully saturated rings. The van der Waals surface area contributed by atoms with Gasteiger partial charge in [-0.2, -0.15) is 0 Å². The van der Waals surface area contributed by atoms with Crippen LogP contribution in [0.1, 0.15) is 22.6 Å². The SMILES string of the molecule is CNc1nc(C)cc(C(=O)NCC2CCOC2)n1. The summed E-state index contributed by atoms with van der Waals surface area (Å²) in [6.45, 7) is 3.99. The minimum atomic E-state index is -0.163. The predicted octanol–water partition coefficient (Wildman–Crippen LogP) is 0.593. The number of carbonyl (C=O) groups is 1. The largest absolute Gasteiger partial charge is 0.381 e. The summed E-state index contributed by atoms with van der Waals surface area (Å²) in [5.41, 5.74) is 1.16. The number of ether oxygens (including phenoxy) is 1. The van der Waals surface area contributed by atoms with E-state index in [2.05, 4.69) is 20.6 Å². The third-order valence-electron chi connectivity index (χ3n) is 2.89. The lowest BCUT2D eigenvalue weighted by Gasteiger charge is -2.10. The average Bonchev–Trinajstić information content (AvgIpc) is 2.88. The van der Waals surface area contributed by atoms with E-state index in [1.807, 2.05) is 6.92 Å². The maximum absolute atomic E-state index is 12.0. The maximum atomic E-state index is 12.0. The van der Waals surface area contributed by atoms with Crippen LogP contribution in [0.15, 0.2) is 6.07 Å². The van der Waals surface area contributed by atoms with Gasteiger partial charge in [-0.05, 0) is 19.4 Å². The van der Waals surface area contributed by atoms with Crippen molar-refractivity contribution in [3.05, 3.63) is 17.5 Å². The number of aromatic nitrogens is 2. The fourth-order valence-corrected chi connectivity index (χ4v) is 1.87. The van der Waals surface area contributed by atoms with Gasteiger partial charge in [-0.1, -0.05) is 0 Å². The van der Waals surface area contributed by atoms with Crippen LogP contribution in [0, 0.1) is 12.8 Å². The van der Waals surface area contributed by atoms with Crippen LogP contribution >= 0.6 is 0 Å². The van der Waals surface area contributed by atoms with Gasteiger partial charge < -0.3 is 15.4 Å². The molecule has 2 heterocycles. The molecule has 0 saturated carbocycles. The Morgan fingerprint density at radius 3 is 3.06 bits per heavy atom. The van der Waals surface area contributed by atoms with Gasteiger partial charge in [0.1, 0.15) is 5.69 Å². The van der Waals surface area contributed by atoms with Crippen molar-refractivity contribution >= 4 is 11.9 Å². The van der Waals surface area contributed by atoms with Gasteiger partial charge in [0.15, 0.2) is 0 Å². The lowest BCUT2D eigenvalue weighted by Crippen LogP contribution is -2.30. The second-order valence-corrected chi connectivity index (χ2v) is 4.41. The zero-order valence-electron chi connectivity index (χ0n) is 10.7. The Labute approximate surface area is 106 Å². The Morgan fingerprint density at radius 2 is 2.39 bits per heavy atom. The molecule has 0 bridgehead atoms. The van der Waals surface area contributed by atoms with Crippen LogP contribution in [-0.4, -0.2) is 42.7 Å². The summed E-state index contributed by atoms with van der Waals surface area (Å²) in [5.74, 6) is 0.717. The maximum Gasteiger partial charge on any atom is 0.270 e. The van der Waals surface area contributed by atoms with Crippen LogP contribution < -0.4 is 10.6 Å². The first-order valence-corrected chi connectivity index (χ1v) is 6.08. The van der Waals surface area contributed by atoms with Gasteiger partial charge in [0.2, 0.25) is 5.95 Å². The van der Waals surface area contributed by atoms with Crippen molar-refractivity contribution in [1.82, 2.24) is 15.3 Å². The molecule has 2 N–H and O–H groups in total. The van der Waals surface area contributed by atoms with Crippen LogP contribution in [0.5, 0.6) is 0 Å². The normalized spacial score (nSPS) is 18.7. The van der Waals surface area contributed by atoms with Gasteiger partial charge in [-0.3, -0.25) is 4.79 Å². The molecule has 0 spiro atoms. The standard InChI is InChI=1S/C12H18N4O2/c1-8-5-10(16-12(13-2)15-8)11(17)14-6-9-3-4-18-7-9/h5,9H,3-4,6-7H2,1-2H3,(H,14,17)(H,13,15,16). The molecule has 0 radical (unpaired) electrons. The molecule has 1 aromatic rings. The first kappa shape index (κ1) is 12.8. The molecule has 0 aromatic carbocycles. The van der Waals surface area contributed by atoms with Gasteiger partial charge >= 0.3 is 0 Å². The molecule has 1 aromatic heterocycles. The Balaban J connectivity index is 1.97. The molecule has 1 aliphatic heterocycles. The second-order valence-electron chi connectivity index (χ2n) is 4.41. The van der Waals surface area contributed by atoms with E-state index in [-0.39, 0.29) is 5.91 Å². The van der Waals surface area contributed by atoms with E-state index in [9.17, 15) is 4.79 Å². The molecular weight excluding hydrogens is 232 g/mol. The summed E-state index contributed by atoms with van der Waals surface area (Å²) < 4.78 is 5.26. The fraction of sp³-hybridized carbons (Fsp3) is 0.583. The lowest BCUT2D eigenvalue weighted by atomic mass is 10.1. The number of hydrogen-bond donors (Lipinski definition) is 2. The van der Waals surface area contributed by atoms with Crippen molar-refractivity contribution in [2.45, 2.75) is 13.3 Å². The van der Waals surface area contributed by atoms with Crippen LogP contribution in [0.4, 0.5) is 5.95 Å². The van der Waals surface area contributed by atoms with E-state index in [4.69, 9.17) is 4.74 Å². The van der Waals surface area contributed by atoms with Crippen LogP contribution in [0.2, 0.25) is 0 Å². The Kier molecular flexibility index (Phi) is 4.09. The van der Waals surface area contributed by atoms with E-state index in [0.29, 0.717) is 24.1 Å². The molecule has 1 amide bonds. The Morgan fingerprint density at radius 1 is 1.56 bits per heavy atom. The van der Waals surface area contributed by atoms with Gasteiger partial charge in [0.25, 0.3) is 5.91 Å². The minimum Gasteiger partial charge on any atom is -0.381 e. The molecule has 18 heavy (non-hydrogen) atoms. The number of nitrogens with one attached hydrogen (secondary N) is 2. The van der Waals surface area contributed by atoms with Crippen molar-refractivity contribution in [3.8, 4) is 0 Å². The smallest absolute Gasteiger partial charge is 0.270 e. The number of rotatable bonds is 4. The van der Waals surface area contributed by atoms with Crippen LogP contribution in [-0.2, 0) is 4.74 Å². The number of anilines is 1. The lowest BCUT2D eigenvalue weighted by molar-refractivity contribution is 0.0940. The summed E-state index contributed by atoms with van der Waals surface area (Å²) in [6, 6.07) is 1.68. The van der Waals surface area contributed by atoms with E-state index >= 15 is 0 Å². The van der Waals surface area contributed by atoms with Gasteiger partial charge in [-0.25, -0.2) is 9.97 Å². The summed E-state index contributed by atoms with van der Waals surface area (Å²) in [5, 5.41) is 5.72. The molecule has 0 aliphatic carbocycles. The molecule has 6 heteroatoms. The van der Waals surface area contributed by atoms with Crippen LogP contribution in [0.3, 0.4) is 0 Å². The third kappa shape index (κ3) is 3.16. The predicted molar refractivity (Wildman–Crippen MR) is 67.6 cm³/mol. The number of carbonyl (C=O) groups excluding carboxylic acids is 1. The summed E-state index contributed by atoms with van der Waals surface area (Å²) in [6.07, 6.45) is 1.00. The number of aryl methyl sites for hydroxylation is 1.